The molecule has 17 heavy (non-hydrogen) atoms. The summed E-state index contributed by atoms with van der Waals surface area (Å²) in [5.41, 5.74) is 6.58. The Morgan fingerprint density at radius 3 is 2.47 bits per heavy atom. The topological polar surface area (TPSA) is 38.0 Å². The third kappa shape index (κ3) is 3.69. The Balaban J connectivity index is 1.67. The fraction of sp³-hybridized carbons (Fsp3) is 1.00. The van der Waals surface area contributed by atoms with Crippen LogP contribution in [-0.2, 0) is 0 Å². The molecule has 2 unspecified atom stereocenters. The smallest absolute Gasteiger partial charge is 0.000793 e. The van der Waals surface area contributed by atoms with Crippen molar-refractivity contribution in [1.82, 2.24) is 5.32 Å². The summed E-state index contributed by atoms with van der Waals surface area (Å²) in [6.07, 6.45) is 11.3. The first-order chi connectivity index (χ1) is 8.29. The summed E-state index contributed by atoms with van der Waals surface area (Å²) in [7, 11) is 0. The van der Waals surface area contributed by atoms with Gasteiger partial charge in [-0.2, -0.15) is 0 Å². The summed E-state index contributed by atoms with van der Waals surface area (Å²) < 4.78 is 0. The summed E-state index contributed by atoms with van der Waals surface area (Å²) >= 11 is 0. The van der Waals surface area contributed by atoms with Gasteiger partial charge in [-0.3, -0.25) is 0 Å². The molecule has 0 aromatic carbocycles. The highest BCUT2D eigenvalue weighted by Gasteiger charge is 2.41. The van der Waals surface area contributed by atoms with Crippen LogP contribution in [0.4, 0.5) is 0 Å². The zero-order chi connectivity index (χ0) is 12.1. The molecule has 3 N–H and O–H groups in total. The highest BCUT2D eigenvalue weighted by molar-refractivity contribution is 4.94. The fourth-order valence-electron chi connectivity index (χ4n) is 3.61. The molecule has 2 saturated carbocycles. The summed E-state index contributed by atoms with van der Waals surface area (Å²) in [5.74, 6) is 1.64. The fourth-order valence-corrected chi connectivity index (χ4v) is 3.61. The zero-order valence-electron chi connectivity index (χ0n) is 11.5. The van der Waals surface area contributed by atoms with Crippen molar-refractivity contribution in [3.05, 3.63) is 0 Å². The van der Waals surface area contributed by atoms with E-state index in [1.165, 1.54) is 64.5 Å². The first-order valence-electron chi connectivity index (χ1n) is 7.70. The van der Waals surface area contributed by atoms with Gasteiger partial charge in [0, 0.05) is 6.54 Å². The molecule has 0 saturated heterocycles. The van der Waals surface area contributed by atoms with E-state index in [1.807, 2.05) is 0 Å². The molecule has 2 atom stereocenters. The maximum Gasteiger partial charge on any atom is 0.000793 e. The summed E-state index contributed by atoms with van der Waals surface area (Å²) in [4.78, 5) is 0. The number of hydrogen-bond donors (Lipinski definition) is 2. The second-order valence-electron chi connectivity index (χ2n) is 6.42. The molecule has 0 aliphatic heterocycles. The molecule has 2 aliphatic rings. The summed E-state index contributed by atoms with van der Waals surface area (Å²) in [6.45, 7) is 5.68. The van der Waals surface area contributed by atoms with Gasteiger partial charge in [0.1, 0.15) is 0 Å². The van der Waals surface area contributed by atoms with E-state index < -0.39 is 0 Å². The highest BCUT2D eigenvalue weighted by Crippen LogP contribution is 2.49. The molecule has 2 aliphatic carbocycles. The minimum Gasteiger partial charge on any atom is -0.330 e. The average molecular weight is 238 g/mol. The quantitative estimate of drug-likeness (QED) is 0.715. The van der Waals surface area contributed by atoms with Gasteiger partial charge < -0.3 is 11.1 Å². The van der Waals surface area contributed by atoms with Crippen molar-refractivity contribution >= 4 is 0 Å². The normalized spacial score (nSPS) is 31.4. The molecular formula is C15H30N2. The van der Waals surface area contributed by atoms with Gasteiger partial charge in [-0.15, -0.1) is 0 Å². The van der Waals surface area contributed by atoms with E-state index in [9.17, 15) is 0 Å². The van der Waals surface area contributed by atoms with Gasteiger partial charge in [0.2, 0.25) is 0 Å². The van der Waals surface area contributed by atoms with E-state index in [0.717, 1.165) is 18.4 Å². The molecule has 0 heterocycles. The first kappa shape index (κ1) is 13.4. The van der Waals surface area contributed by atoms with Crippen LogP contribution < -0.4 is 11.1 Å². The minimum absolute atomic E-state index is 0.696. The summed E-state index contributed by atoms with van der Waals surface area (Å²) in [5, 5.41) is 3.75. The van der Waals surface area contributed by atoms with E-state index in [-0.39, 0.29) is 0 Å². The Hall–Kier alpha value is -0.0800. The lowest BCUT2D eigenvalue weighted by atomic mass is 9.79. The molecule has 2 rings (SSSR count). The van der Waals surface area contributed by atoms with Crippen LogP contribution >= 0.6 is 0 Å². The van der Waals surface area contributed by atoms with Crippen LogP contribution in [0.15, 0.2) is 0 Å². The maximum atomic E-state index is 5.88. The van der Waals surface area contributed by atoms with Crippen molar-refractivity contribution < 1.29 is 0 Å². The van der Waals surface area contributed by atoms with E-state index in [4.69, 9.17) is 5.73 Å². The van der Waals surface area contributed by atoms with Crippen molar-refractivity contribution in [3.8, 4) is 0 Å². The van der Waals surface area contributed by atoms with Crippen LogP contribution in [0.3, 0.4) is 0 Å². The number of hydrogen-bond acceptors (Lipinski definition) is 2. The van der Waals surface area contributed by atoms with Gasteiger partial charge >= 0.3 is 0 Å². The SMILES string of the molecule is CCCC1(CNCC2CCCCC2CN)CC1. The summed E-state index contributed by atoms with van der Waals surface area (Å²) in [6, 6.07) is 0. The molecule has 0 bridgehead atoms. The Kier molecular flexibility index (Phi) is 4.87. The van der Waals surface area contributed by atoms with Crippen LogP contribution in [0.5, 0.6) is 0 Å². The molecule has 100 valence electrons. The van der Waals surface area contributed by atoms with Gasteiger partial charge in [0.25, 0.3) is 0 Å². The lowest BCUT2D eigenvalue weighted by molar-refractivity contribution is 0.230. The van der Waals surface area contributed by atoms with E-state index in [1.54, 1.807) is 0 Å². The van der Waals surface area contributed by atoms with Crippen molar-refractivity contribution in [3.63, 3.8) is 0 Å². The van der Waals surface area contributed by atoms with E-state index in [0.29, 0.717) is 5.41 Å². The van der Waals surface area contributed by atoms with Crippen molar-refractivity contribution in [2.75, 3.05) is 19.6 Å². The molecule has 2 nitrogen and oxygen atoms in total. The molecule has 0 amide bonds. The van der Waals surface area contributed by atoms with E-state index in [2.05, 4.69) is 12.2 Å². The highest BCUT2D eigenvalue weighted by atomic mass is 14.9. The molecule has 0 aromatic rings. The van der Waals surface area contributed by atoms with Crippen LogP contribution in [0.25, 0.3) is 0 Å². The molecular weight excluding hydrogens is 208 g/mol. The van der Waals surface area contributed by atoms with Gasteiger partial charge in [-0.25, -0.2) is 0 Å². The van der Waals surface area contributed by atoms with Crippen LogP contribution in [0.2, 0.25) is 0 Å². The largest absolute Gasteiger partial charge is 0.330 e. The van der Waals surface area contributed by atoms with Gasteiger partial charge in [0.15, 0.2) is 0 Å². The lowest BCUT2D eigenvalue weighted by Crippen LogP contribution is -2.36. The molecule has 2 fully saturated rings. The Labute approximate surface area is 107 Å². The van der Waals surface area contributed by atoms with Crippen molar-refractivity contribution in [2.45, 2.75) is 58.3 Å². The Bertz CT molecular complexity index is 223. The molecule has 0 aromatic heterocycles. The van der Waals surface area contributed by atoms with Crippen molar-refractivity contribution in [2.24, 2.45) is 23.0 Å². The monoisotopic (exact) mass is 238 g/mol. The predicted octanol–water partition coefficient (Wildman–Crippen LogP) is 2.92. The standard InChI is InChI=1S/C15H30N2/c1-2-7-15(8-9-15)12-17-11-14-6-4-3-5-13(14)10-16/h13-14,17H,2-12,16H2,1H3. The Morgan fingerprint density at radius 1 is 1.18 bits per heavy atom. The second kappa shape index (κ2) is 6.19. The van der Waals surface area contributed by atoms with Gasteiger partial charge in [-0.1, -0.05) is 26.2 Å². The zero-order valence-corrected chi connectivity index (χ0v) is 11.5. The van der Waals surface area contributed by atoms with Crippen molar-refractivity contribution in [1.29, 1.82) is 0 Å². The average Bonchev–Trinajstić information content (AvgIpc) is 3.10. The third-order valence-corrected chi connectivity index (χ3v) is 5.01. The maximum absolute atomic E-state index is 5.88. The minimum atomic E-state index is 0.696. The van der Waals surface area contributed by atoms with Crippen LogP contribution in [0.1, 0.15) is 58.3 Å². The molecule has 0 radical (unpaired) electrons. The van der Waals surface area contributed by atoms with Gasteiger partial charge in [0.05, 0.1) is 0 Å². The lowest BCUT2D eigenvalue weighted by Gasteiger charge is -2.31. The second-order valence-corrected chi connectivity index (χ2v) is 6.42. The Morgan fingerprint density at radius 2 is 1.88 bits per heavy atom. The number of rotatable bonds is 7. The molecule has 0 spiro atoms. The van der Waals surface area contributed by atoms with Crippen LogP contribution in [-0.4, -0.2) is 19.6 Å². The van der Waals surface area contributed by atoms with Crippen LogP contribution in [0, 0.1) is 17.3 Å². The first-order valence-corrected chi connectivity index (χ1v) is 7.70. The van der Waals surface area contributed by atoms with Gasteiger partial charge in [-0.05, 0) is 62.4 Å². The third-order valence-electron chi connectivity index (χ3n) is 5.01. The number of nitrogens with one attached hydrogen (secondary N) is 1. The van der Waals surface area contributed by atoms with E-state index >= 15 is 0 Å². The predicted molar refractivity (Wildman–Crippen MR) is 73.9 cm³/mol. The molecule has 2 heteroatoms. The number of nitrogens with two attached hydrogens (primary N) is 1.